The van der Waals surface area contributed by atoms with Gasteiger partial charge < -0.3 is 9.55 Å². The minimum atomic E-state index is 0.584. The maximum atomic E-state index is 5.34. The fourth-order valence-corrected chi connectivity index (χ4v) is 2.65. The molecule has 0 unspecified atom stereocenters. The Balaban J connectivity index is 2.11. The predicted molar refractivity (Wildman–Crippen MR) is 79.9 cm³/mol. The van der Waals surface area contributed by atoms with E-state index in [2.05, 4.69) is 55.9 Å². The van der Waals surface area contributed by atoms with Crippen molar-refractivity contribution in [2.75, 3.05) is 0 Å². The zero-order chi connectivity index (χ0) is 12.7. The molecule has 0 saturated heterocycles. The Hall–Kier alpha value is -1.22. The van der Waals surface area contributed by atoms with Gasteiger partial charge in [-0.25, -0.2) is 4.98 Å². The second-order valence-electron chi connectivity index (χ2n) is 4.01. The summed E-state index contributed by atoms with van der Waals surface area (Å²) < 4.78 is 5.58. The van der Waals surface area contributed by atoms with Crippen LogP contribution < -0.4 is 0 Å². The van der Waals surface area contributed by atoms with Gasteiger partial charge in [0.05, 0.1) is 17.6 Å². The molecular weight excluding hydrogens is 361 g/mol. The smallest absolute Gasteiger partial charge is 0.178 e. The molecule has 0 saturated carbocycles. The molecule has 0 bridgehead atoms. The van der Waals surface area contributed by atoms with Crippen LogP contribution in [0.4, 0.5) is 0 Å². The lowest BCUT2D eigenvalue weighted by atomic mass is 10.3. The number of imidazole rings is 1. The first-order chi connectivity index (χ1) is 8.63. The van der Waals surface area contributed by atoms with Gasteiger partial charge >= 0.3 is 0 Å². The van der Waals surface area contributed by atoms with Crippen molar-refractivity contribution in [3.8, 4) is 0 Å². The first kappa shape index (κ1) is 11.8. The van der Waals surface area contributed by atoms with Gasteiger partial charge in [-0.2, -0.15) is 5.10 Å². The van der Waals surface area contributed by atoms with Crippen molar-refractivity contribution in [3.05, 3.63) is 38.7 Å². The minimum absolute atomic E-state index is 0.584. The van der Waals surface area contributed by atoms with E-state index in [-0.39, 0.29) is 0 Å². The van der Waals surface area contributed by atoms with E-state index in [9.17, 15) is 0 Å². The predicted octanol–water partition coefficient (Wildman–Crippen LogP) is 2.48. The highest BCUT2D eigenvalue weighted by Crippen LogP contribution is 2.17. The Morgan fingerprint density at radius 2 is 2.28 bits per heavy atom. The number of halogens is 1. The fourth-order valence-electron chi connectivity index (χ4n) is 1.89. The van der Waals surface area contributed by atoms with Crippen LogP contribution in [-0.4, -0.2) is 24.3 Å². The lowest BCUT2D eigenvalue weighted by molar-refractivity contribution is 0.707. The number of H-pyrrole nitrogens is 1. The SMILES string of the molecule is Cn1cnc(Cn2c(=S)[nH]c3cc(I)ccc32)n1. The molecule has 3 rings (SSSR count). The molecule has 1 aromatic carbocycles. The Labute approximate surface area is 122 Å². The molecule has 2 aromatic heterocycles. The molecule has 7 heteroatoms. The Morgan fingerprint density at radius 1 is 1.44 bits per heavy atom. The Kier molecular flexibility index (Phi) is 2.94. The number of nitrogens with zero attached hydrogens (tertiary/aromatic N) is 4. The lowest BCUT2D eigenvalue weighted by Crippen LogP contribution is -2.02. The van der Waals surface area contributed by atoms with Gasteiger partial charge in [0.1, 0.15) is 6.33 Å². The van der Waals surface area contributed by atoms with E-state index >= 15 is 0 Å². The van der Waals surface area contributed by atoms with Crippen LogP contribution >= 0.6 is 34.8 Å². The van der Waals surface area contributed by atoms with Crippen molar-refractivity contribution in [3.63, 3.8) is 0 Å². The number of rotatable bonds is 2. The quantitative estimate of drug-likeness (QED) is 0.556. The van der Waals surface area contributed by atoms with Crippen LogP contribution in [0.15, 0.2) is 24.5 Å². The number of benzene rings is 1. The van der Waals surface area contributed by atoms with E-state index in [1.165, 1.54) is 3.57 Å². The van der Waals surface area contributed by atoms with Crippen molar-refractivity contribution in [2.24, 2.45) is 7.05 Å². The van der Waals surface area contributed by atoms with E-state index in [0.717, 1.165) is 16.9 Å². The molecule has 5 nitrogen and oxygen atoms in total. The normalized spacial score (nSPS) is 11.2. The highest BCUT2D eigenvalue weighted by molar-refractivity contribution is 14.1. The highest BCUT2D eigenvalue weighted by Gasteiger charge is 2.07. The molecule has 0 aliphatic rings. The average molecular weight is 371 g/mol. The van der Waals surface area contributed by atoms with Crippen LogP contribution in [0, 0.1) is 8.34 Å². The van der Waals surface area contributed by atoms with Gasteiger partial charge in [0.15, 0.2) is 10.6 Å². The third-order valence-electron chi connectivity index (χ3n) is 2.68. The fraction of sp³-hybridized carbons (Fsp3) is 0.182. The van der Waals surface area contributed by atoms with Gasteiger partial charge in [0, 0.05) is 10.6 Å². The number of aromatic nitrogens is 5. The number of fused-ring (bicyclic) bond motifs is 1. The van der Waals surface area contributed by atoms with Crippen LogP contribution in [0.3, 0.4) is 0 Å². The summed E-state index contributed by atoms with van der Waals surface area (Å²) in [7, 11) is 1.85. The van der Waals surface area contributed by atoms with Crippen molar-refractivity contribution >= 4 is 45.8 Å². The van der Waals surface area contributed by atoms with Crippen LogP contribution in [0.2, 0.25) is 0 Å². The van der Waals surface area contributed by atoms with E-state index in [1.807, 2.05) is 11.6 Å². The number of hydrogen-bond donors (Lipinski definition) is 1. The van der Waals surface area contributed by atoms with Gasteiger partial charge in [0.2, 0.25) is 0 Å². The first-order valence-corrected chi connectivity index (χ1v) is 6.85. The summed E-state index contributed by atoms with van der Waals surface area (Å²) in [5.74, 6) is 0.757. The summed E-state index contributed by atoms with van der Waals surface area (Å²) in [4.78, 5) is 7.43. The molecule has 18 heavy (non-hydrogen) atoms. The van der Waals surface area contributed by atoms with Gasteiger partial charge in [0.25, 0.3) is 0 Å². The van der Waals surface area contributed by atoms with Crippen molar-refractivity contribution in [1.82, 2.24) is 24.3 Å². The molecule has 1 N–H and O–H groups in total. The molecule has 0 aliphatic heterocycles. The summed E-state index contributed by atoms with van der Waals surface area (Å²) in [5.41, 5.74) is 2.12. The Morgan fingerprint density at radius 3 is 3.00 bits per heavy atom. The molecule has 2 heterocycles. The molecule has 0 spiro atoms. The third kappa shape index (κ3) is 2.07. The topological polar surface area (TPSA) is 51.4 Å². The molecular formula is C11H10IN5S. The lowest BCUT2D eigenvalue weighted by Gasteiger charge is -2.00. The molecule has 0 radical (unpaired) electrons. The molecule has 0 aliphatic carbocycles. The van der Waals surface area contributed by atoms with Gasteiger partial charge in [-0.3, -0.25) is 4.68 Å². The maximum absolute atomic E-state index is 5.34. The van der Waals surface area contributed by atoms with E-state index in [0.29, 0.717) is 11.3 Å². The highest BCUT2D eigenvalue weighted by atomic mass is 127. The number of aromatic amines is 1. The molecule has 0 fully saturated rings. The summed E-state index contributed by atoms with van der Waals surface area (Å²) >= 11 is 7.63. The standard InChI is InChI=1S/C11H10IN5S/c1-16-6-13-10(15-16)5-17-9-3-2-7(12)4-8(9)14-11(17)18/h2-4,6H,5H2,1H3,(H,14,18). The van der Waals surface area contributed by atoms with E-state index < -0.39 is 0 Å². The van der Waals surface area contributed by atoms with Gasteiger partial charge in [-0.15, -0.1) is 0 Å². The summed E-state index contributed by atoms with van der Waals surface area (Å²) in [5, 5.41) is 4.27. The number of hydrogen-bond acceptors (Lipinski definition) is 3. The molecule has 92 valence electrons. The van der Waals surface area contributed by atoms with Crippen molar-refractivity contribution < 1.29 is 0 Å². The van der Waals surface area contributed by atoms with Crippen molar-refractivity contribution in [1.29, 1.82) is 0 Å². The zero-order valence-electron chi connectivity index (χ0n) is 9.59. The van der Waals surface area contributed by atoms with Crippen LogP contribution in [0.1, 0.15) is 5.82 Å². The van der Waals surface area contributed by atoms with Gasteiger partial charge in [-0.1, -0.05) is 0 Å². The summed E-state index contributed by atoms with van der Waals surface area (Å²) in [6.45, 7) is 0.584. The van der Waals surface area contributed by atoms with Gasteiger partial charge in [-0.05, 0) is 53.0 Å². The zero-order valence-corrected chi connectivity index (χ0v) is 12.6. The van der Waals surface area contributed by atoms with Crippen LogP contribution in [0.25, 0.3) is 11.0 Å². The first-order valence-electron chi connectivity index (χ1n) is 5.36. The molecule has 3 aromatic rings. The van der Waals surface area contributed by atoms with E-state index in [4.69, 9.17) is 12.2 Å². The number of nitrogens with one attached hydrogen (secondary N) is 1. The van der Waals surface area contributed by atoms with Crippen LogP contribution in [-0.2, 0) is 13.6 Å². The monoisotopic (exact) mass is 371 g/mol. The minimum Gasteiger partial charge on any atom is -0.331 e. The summed E-state index contributed by atoms with van der Waals surface area (Å²) in [6, 6.07) is 6.20. The van der Waals surface area contributed by atoms with Crippen LogP contribution in [0.5, 0.6) is 0 Å². The second-order valence-corrected chi connectivity index (χ2v) is 5.64. The second kappa shape index (κ2) is 4.47. The van der Waals surface area contributed by atoms with Crippen molar-refractivity contribution in [2.45, 2.75) is 6.54 Å². The average Bonchev–Trinajstić information content (AvgIpc) is 2.84. The number of aryl methyl sites for hydroxylation is 1. The molecule has 0 amide bonds. The maximum Gasteiger partial charge on any atom is 0.178 e. The van der Waals surface area contributed by atoms with E-state index in [1.54, 1.807) is 11.0 Å². The summed E-state index contributed by atoms with van der Waals surface area (Å²) in [6.07, 6.45) is 1.69. The Bertz CT molecular complexity index is 769. The largest absolute Gasteiger partial charge is 0.331 e. The third-order valence-corrected chi connectivity index (χ3v) is 3.68. The molecule has 0 atom stereocenters.